The van der Waals surface area contributed by atoms with Crippen LogP contribution in [-0.4, -0.2) is 39.2 Å². The average molecular weight is 626 g/mol. The number of piperidine rings is 1. The third-order valence-corrected chi connectivity index (χ3v) is 8.29. The summed E-state index contributed by atoms with van der Waals surface area (Å²) in [5.41, 5.74) is 8.54. The van der Waals surface area contributed by atoms with E-state index in [-0.39, 0.29) is 36.3 Å². The predicted molar refractivity (Wildman–Crippen MR) is 153 cm³/mol. The zero-order chi connectivity index (χ0) is 26.1. The lowest BCUT2D eigenvalue weighted by Gasteiger charge is -2.32. The normalized spacial score (nSPS) is 14.3. The average Bonchev–Trinajstić information content (AvgIpc) is 3.31. The summed E-state index contributed by atoms with van der Waals surface area (Å²) in [6.07, 6.45) is 3.54. The number of benzene rings is 3. The fraction of sp³-hybridized carbons (Fsp3) is 0.250. The molecule has 4 aromatic rings. The molecule has 0 unspecified atom stereocenters. The Morgan fingerprint density at radius 2 is 1.62 bits per heavy atom. The number of nitrogen functional groups attached to an aromatic ring is 1. The highest BCUT2D eigenvalue weighted by atomic mass is 79.9. The molecule has 2 heterocycles. The number of ketones is 1. The quantitative estimate of drug-likeness (QED) is 0.205. The van der Waals surface area contributed by atoms with Crippen molar-refractivity contribution >= 4 is 60.0 Å². The Bertz CT molecular complexity index is 1530. The van der Waals surface area contributed by atoms with E-state index in [1.807, 2.05) is 24.4 Å². The van der Waals surface area contributed by atoms with E-state index >= 15 is 0 Å². The van der Waals surface area contributed by atoms with Gasteiger partial charge in [0.1, 0.15) is 0 Å². The van der Waals surface area contributed by atoms with Crippen molar-refractivity contribution in [2.75, 3.05) is 18.8 Å². The van der Waals surface area contributed by atoms with Crippen LogP contribution in [0.25, 0.3) is 22.0 Å². The van der Waals surface area contributed by atoms with Crippen molar-refractivity contribution in [2.45, 2.75) is 31.7 Å². The van der Waals surface area contributed by atoms with Gasteiger partial charge < -0.3 is 15.6 Å². The van der Waals surface area contributed by atoms with Gasteiger partial charge in [-0.05, 0) is 73.7 Å². The fourth-order valence-electron chi connectivity index (χ4n) is 4.85. The number of nitrogens with zero attached hydrogens (tertiary/aromatic N) is 2. The van der Waals surface area contributed by atoms with Crippen LogP contribution in [0.2, 0.25) is 0 Å². The lowest BCUT2D eigenvalue weighted by Crippen LogP contribution is -2.40. The first-order valence-corrected chi connectivity index (χ1v) is 13.7. The van der Waals surface area contributed by atoms with Gasteiger partial charge in [0.05, 0.1) is 11.4 Å². The highest BCUT2D eigenvalue weighted by Gasteiger charge is 2.25. The summed E-state index contributed by atoms with van der Waals surface area (Å²) in [5.74, 6) is -0.150. The summed E-state index contributed by atoms with van der Waals surface area (Å²) in [5, 5.41) is 2.27. The first kappa shape index (κ1) is 25.5. The Kier molecular flexibility index (Phi) is 7.35. The molecule has 1 fully saturated rings. The van der Waals surface area contributed by atoms with E-state index in [9.17, 15) is 14.4 Å². The maximum Gasteiger partial charge on any atom is 0.326 e. The lowest BCUT2D eigenvalue weighted by molar-refractivity contribution is -0.132. The Morgan fingerprint density at radius 1 is 0.946 bits per heavy atom. The molecule has 0 saturated carbocycles. The van der Waals surface area contributed by atoms with Crippen molar-refractivity contribution < 1.29 is 9.59 Å². The van der Waals surface area contributed by atoms with Gasteiger partial charge in [-0.25, -0.2) is 4.79 Å². The molecule has 1 aliphatic heterocycles. The van der Waals surface area contributed by atoms with Gasteiger partial charge in [-0.1, -0.05) is 36.4 Å². The topological polar surface area (TPSA) is 101 Å². The van der Waals surface area contributed by atoms with Gasteiger partial charge in [0.25, 0.3) is 0 Å². The number of likely N-dealkylation sites (tertiary alicyclic amines) is 1. The van der Waals surface area contributed by atoms with Gasteiger partial charge in [0.15, 0.2) is 5.78 Å². The molecule has 0 aliphatic carbocycles. The number of anilines is 1. The molecular formula is C28H26Br2N4O3. The van der Waals surface area contributed by atoms with Crippen LogP contribution in [-0.2, 0) is 4.79 Å². The number of halogens is 2. The number of hydrogen-bond donors (Lipinski definition) is 2. The number of carbonyl (C=O) groups is 2. The van der Waals surface area contributed by atoms with Crippen molar-refractivity contribution in [1.29, 1.82) is 0 Å². The SMILES string of the molecule is Nc1c(Br)cc(C(=O)CCC(=O)N2CCC(n3cc(-c4ccc5ccccc5c4)[nH]c3=O)CC2)cc1Br. The molecular weight excluding hydrogens is 600 g/mol. The van der Waals surface area contributed by atoms with Crippen LogP contribution in [0.4, 0.5) is 5.69 Å². The molecule has 0 spiro atoms. The minimum absolute atomic E-state index is 0.0214. The summed E-state index contributed by atoms with van der Waals surface area (Å²) in [6.45, 7) is 1.11. The molecule has 9 heteroatoms. The summed E-state index contributed by atoms with van der Waals surface area (Å²) >= 11 is 6.71. The van der Waals surface area contributed by atoms with Crippen LogP contribution in [0, 0.1) is 0 Å². The van der Waals surface area contributed by atoms with E-state index in [0.717, 1.165) is 22.0 Å². The molecule has 190 valence electrons. The second kappa shape index (κ2) is 10.7. The number of nitrogens with one attached hydrogen (secondary N) is 1. The number of carbonyl (C=O) groups excluding carboxylic acids is 2. The number of aromatic amines is 1. The van der Waals surface area contributed by atoms with E-state index in [4.69, 9.17) is 5.73 Å². The maximum atomic E-state index is 12.8. The molecule has 5 rings (SSSR count). The van der Waals surface area contributed by atoms with Crippen LogP contribution < -0.4 is 11.4 Å². The van der Waals surface area contributed by atoms with Gasteiger partial charge in [0.2, 0.25) is 5.91 Å². The Balaban J connectivity index is 1.19. The number of nitrogens with two attached hydrogens (primary N) is 1. The van der Waals surface area contributed by atoms with E-state index in [1.54, 1.807) is 21.6 Å². The zero-order valence-electron chi connectivity index (χ0n) is 20.0. The Labute approximate surface area is 230 Å². The zero-order valence-corrected chi connectivity index (χ0v) is 23.2. The summed E-state index contributed by atoms with van der Waals surface area (Å²) in [4.78, 5) is 42.9. The van der Waals surface area contributed by atoms with Crippen molar-refractivity contribution in [2.24, 2.45) is 0 Å². The second-order valence-electron chi connectivity index (χ2n) is 9.33. The predicted octanol–water partition coefficient (Wildman–Crippen LogP) is 5.93. The summed E-state index contributed by atoms with van der Waals surface area (Å²) in [6, 6.07) is 17.7. The standard InChI is InChI=1S/C28H26Br2N4O3/c29-22-14-20(15-23(30)27(22)31)25(35)7-8-26(36)33-11-9-21(10-12-33)34-16-24(32-28(34)37)19-6-5-17-3-1-2-4-18(17)13-19/h1-6,13-16,21H,7-12,31H2,(H,32,37). The van der Waals surface area contributed by atoms with Crippen molar-refractivity contribution in [3.05, 3.63) is 85.8 Å². The molecule has 3 N–H and O–H groups in total. The first-order chi connectivity index (χ1) is 17.8. The van der Waals surface area contributed by atoms with Crippen molar-refractivity contribution in [1.82, 2.24) is 14.5 Å². The third kappa shape index (κ3) is 5.43. The van der Waals surface area contributed by atoms with Crippen LogP contribution >= 0.6 is 31.9 Å². The van der Waals surface area contributed by atoms with Gasteiger partial charge in [-0.15, -0.1) is 0 Å². The minimum atomic E-state index is -0.139. The van der Waals surface area contributed by atoms with E-state index < -0.39 is 0 Å². The maximum absolute atomic E-state index is 12.8. The molecule has 3 aromatic carbocycles. The molecule has 0 radical (unpaired) electrons. The fourth-order valence-corrected chi connectivity index (χ4v) is 6.03. The Morgan fingerprint density at radius 3 is 2.32 bits per heavy atom. The molecule has 37 heavy (non-hydrogen) atoms. The summed E-state index contributed by atoms with van der Waals surface area (Å²) < 4.78 is 3.04. The van der Waals surface area contributed by atoms with Crippen LogP contribution in [0.15, 0.2) is 74.5 Å². The molecule has 1 saturated heterocycles. The van der Waals surface area contributed by atoms with E-state index in [1.165, 1.54) is 0 Å². The molecule has 1 aliphatic rings. The second-order valence-corrected chi connectivity index (χ2v) is 11.0. The molecule has 1 aromatic heterocycles. The number of imidazole rings is 1. The summed E-state index contributed by atoms with van der Waals surface area (Å²) in [7, 11) is 0. The van der Waals surface area contributed by atoms with Crippen LogP contribution in [0.3, 0.4) is 0 Å². The van der Waals surface area contributed by atoms with Gasteiger partial charge >= 0.3 is 5.69 Å². The number of H-pyrrole nitrogens is 1. The van der Waals surface area contributed by atoms with Crippen molar-refractivity contribution in [3.63, 3.8) is 0 Å². The molecule has 1 amide bonds. The number of amides is 1. The van der Waals surface area contributed by atoms with Crippen LogP contribution in [0.5, 0.6) is 0 Å². The lowest BCUT2D eigenvalue weighted by atomic mass is 10.0. The highest BCUT2D eigenvalue weighted by Crippen LogP contribution is 2.30. The smallest absolute Gasteiger partial charge is 0.326 e. The van der Waals surface area contributed by atoms with Gasteiger partial charge in [-0.2, -0.15) is 0 Å². The first-order valence-electron chi connectivity index (χ1n) is 12.2. The van der Waals surface area contributed by atoms with E-state index in [2.05, 4.69) is 61.1 Å². The molecule has 7 nitrogen and oxygen atoms in total. The monoisotopic (exact) mass is 624 g/mol. The van der Waals surface area contributed by atoms with Crippen LogP contribution in [0.1, 0.15) is 42.1 Å². The number of Topliss-reactive ketones (excluding diaryl/α,β-unsaturated/α-hetero) is 1. The third-order valence-electron chi connectivity index (χ3n) is 6.98. The number of hydrogen-bond acceptors (Lipinski definition) is 4. The number of fused-ring (bicyclic) bond motifs is 1. The molecule has 0 bridgehead atoms. The van der Waals surface area contributed by atoms with E-state index in [0.29, 0.717) is 46.1 Å². The number of aromatic nitrogens is 2. The highest BCUT2D eigenvalue weighted by molar-refractivity contribution is 9.11. The molecule has 0 atom stereocenters. The van der Waals surface area contributed by atoms with Gasteiger partial charge in [0, 0.05) is 58.2 Å². The van der Waals surface area contributed by atoms with Crippen molar-refractivity contribution in [3.8, 4) is 11.3 Å². The minimum Gasteiger partial charge on any atom is -0.397 e. The van der Waals surface area contributed by atoms with Gasteiger partial charge in [-0.3, -0.25) is 14.2 Å². The number of rotatable bonds is 6. The Hall–Kier alpha value is -3.17. The largest absolute Gasteiger partial charge is 0.397 e.